The number of piperazine rings is 1. The van der Waals surface area contributed by atoms with Crippen molar-refractivity contribution in [1.82, 2.24) is 15.0 Å². The van der Waals surface area contributed by atoms with E-state index >= 15 is 0 Å². The van der Waals surface area contributed by atoms with Gasteiger partial charge in [0.2, 0.25) is 5.56 Å². The molecule has 2 fully saturated rings. The van der Waals surface area contributed by atoms with Crippen LogP contribution in [0.3, 0.4) is 0 Å². The summed E-state index contributed by atoms with van der Waals surface area (Å²) in [7, 11) is 0. The molecule has 1 saturated heterocycles. The fourth-order valence-corrected chi connectivity index (χ4v) is 3.07. The van der Waals surface area contributed by atoms with Crippen molar-refractivity contribution in [2.75, 3.05) is 36.0 Å². The van der Waals surface area contributed by atoms with Crippen LogP contribution in [0.5, 0.6) is 0 Å². The second-order valence-corrected chi connectivity index (χ2v) is 6.46. The Morgan fingerprint density at radius 3 is 2.44 bits per heavy atom. The number of anilines is 2. The summed E-state index contributed by atoms with van der Waals surface area (Å²) in [6, 6.07) is 6.46. The van der Waals surface area contributed by atoms with Gasteiger partial charge in [-0.25, -0.2) is 18.7 Å². The molecule has 0 aromatic carbocycles. The molecule has 3 heterocycles. The second kappa shape index (κ2) is 6.42. The van der Waals surface area contributed by atoms with Crippen molar-refractivity contribution in [3.63, 3.8) is 0 Å². The lowest BCUT2D eigenvalue weighted by molar-refractivity contribution is 0.145. The molecular weight excluding hydrogens is 328 g/mol. The fraction of sp³-hybridized carbons (Fsp3) is 0.471. The molecule has 2 aromatic rings. The quantitative estimate of drug-likeness (QED) is 0.919. The first-order valence-electron chi connectivity index (χ1n) is 8.46. The molecule has 0 unspecified atom stereocenters. The molecule has 0 bridgehead atoms. The molecular formula is C17H19F2N5O. The van der Waals surface area contributed by atoms with Crippen LogP contribution in [0, 0.1) is 0 Å². The van der Waals surface area contributed by atoms with Crippen LogP contribution >= 0.6 is 0 Å². The van der Waals surface area contributed by atoms with Crippen molar-refractivity contribution < 1.29 is 8.78 Å². The first-order chi connectivity index (χ1) is 12.1. The van der Waals surface area contributed by atoms with Crippen LogP contribution in [0.2, 0.25) is 0 Å². The highest BCUT2D eigenvalue weighted by molar-refractivity contribution is 5.45. The third-order valence-electron chi connectivity index (χ3n) is 4.61. The Morgan fingerprint density at radius 1 is 1.08 bits per heavy atom. The maximum absolute atomic E-state index is 13.1. The Balaban J connectivity index is 1.51. The van der Waals surface area contributed by atoms with E-state index in [0.717, 1.165) is 18.7 Å². The van der Waals surface area contributed by atoms with Gasteiger partial charge in [-0.15, -0.1) is 0 Å². The summed E-state index contributed by atoms with van der Waals surface area (Å²) in [4.78, 5) is 26.9. The summed E-state index contributed by atoms with van der Waals surface area (Å²) in [5.41, 5.74) is -0.326. The minimum atomic E-state index is -2.59. The number of hydrogen-bond acceptors (Lipinski definition) is 5. The van der Waals surface area contributed by atoms with Crippen molar-refractivity contribution in [3.8, 4) is 0 Å². The van der Waals surface area contributed by atoms with Crippen molar-refractivity contribution >= 4 is 11.6 Å². The van der Waals surface area contributed by atoms with Gasteiger partial charge in [0.1, 0.15) is 23.2 Å². The van der Waals surface area contributed by atoms with Gasteiger partial charge in [-0.1, -0.05) is 6.07 Å². The predicted octanol–water partition coefficient (Wildman–Crippen LogP) is 2.31. The van der Waals surface area contributed by atoms with Crippen LogP contribution in [0.15, 0.2) is 29.1 Å². The molecule has 0 spiro atoms. The molecule has 8 heteroatoms. The van der Waals surface area contributed by atoms with Gasteiger partial charge in [-0.05, 0) is 18.9 Å². The van der Waals surface area contributed by atoms with E-state index in [4.69, 9.17) is 0 Å². The SMILES string of the molecule is O=c1cccc(N2CCN(c3cc(C(F)F)nc(C4CC4)n3)CC2)[nH]1. The van der Waals surface area contributed by atoms with Crippen LogP contribution in [-0.2, 0) is 0 Å². The predicted molar refractivity (Wildman–Crippen MR) is 90.5 cm³/mol. The van der Waals surface area contributed by atoms with E-state index in [1.54, 1.807) is 6.07 Å². The Morgan fingerprint density at radius 2 is 1.80 bits per heavy atom. The molecule has 1 aliphatic heterocycles. The van der Waals surface area contributed by atoms with Gasteiger partial charge in [0, 0.05) is 44.2 Å². The highest BCUT2D eigenvalue weighted by Crippen LogP contribution is 2.39. The van der Waals surface area contributed by atoms with Crippen molar-refractivity contribution in [2.24, 2.45) is 0 Å². The molecule has 1 N–H and O–H groups in total. The fourth-order valence-electron chi connectivity index (χ4n) is 3.07. The van der Waals surface area contributed by atoms with E-state index in [2.05, 4.69) is 19.9 Å². The molecule has 1 saturated carbocycles. The Kier molecular flexibility index (Phi) is 4.10. The topological polar surface area (TPSA) is 65.1 Å². The molecule has 6 nitrogen and oxygen atoms in total. The number of aromatic nitrogens is 3. The van der Waals surface area contributed by atoms with Crippen LogP contribution in [0.25, 0.3) is 0 Å². The normalized spacial score (nSPS) is 18.0. The van der Waals surface area contributed by atoms with Crippen LogP contribution < -0.4 is 15.4 Å². The third kappa shape index (κ3) is 3.47. The van der Waals surface area contributed by atoms with Crippen molar-refractivity contribution in [3.05, 3.63) is 46.1 Å². The van der Waals surface area contributed by atoms with Crippen LogP contribution in [0.4, 0.5) is 20.4 Å². The molecule has 2 aromatic heterocycles. The number of H-pyrrole nitrogens is 1. The summed E-state index contributed by atoms with van der Waals surface area (Å²) in [5.74, 6) is 2.13. The average Bonchev–Trinajstić information content (AvgIpc) is 3.47. The summed E-state index contributed by atoms with van der Waals surface area (Å²) in [5, 5.41) is 0. The number of hydrogen-bond donors (Lipinski definition) is 1. The lowest BCUT2D eigenvalue weighted by Gasteiger charge is -2.36. The monoisotopic (exact) mass is 347 g/mol. The smallest absolute Gasteiger partial charge is 0.280 e. The Labute approximate surface area is 143 Å². The van der Waals surface area contributed by atoms with E-state index in [0.29, 0.717) is 37.8 Å². The standard InChI is InChI=1S/C17H19F2N5O/c18-16(19)12-10-14(22-17(20-12)11-4-5-11)24-8-6-23(7-9-24)13-2-1-3-15(25)21-13/h1-3,10-11,16H,4-9H2,(H,21,25). The number of alkyl halides is 2. The minimum absolute atomic E-state index is 0.133. The van der Waals surface area contributed by atoms with Gasteiger partial charge >= 0.3 is 0 Å². The lowest BCUT2D eigenvalue weighted by atomic mass is 10.2. The summed E-state index contributed by atoms with van der Waals surface area (Å²) in [6.45, 7) is 2.68. The van der Waals surface area contributed by atoms with E-state index in [-0.39, 0.29) is 17.2 Å². The van der Waals surface area contributed by atoms with Gasteiger partial charge in [0.05, 0.1) is 0 Å². The second-order valence-electron chi connectivity index (χ2n) is 6.46. The highest BCUT2D eigenvalue weighted by atomic mass is 19.3. The largest absolute Gasteiger partial charge is 0.355 e. The first kappa shape index (κ1) is 16.0. The molecule has 0 radical (unpaired) electrons. The van der Waals surface area contributed by atoms with Crippen LogP contribution in [-0.4, -0.2) is 41.1 Å². The average molecular weight is 347 g/mol. The van der Waals surface area contributed by atoms with Crippen LogP contribution in [0.1, 0.15) is 36.7 Å². The van der Waals surface area contributed by atoms with Gasteiger partial charge in [-0.2, -0.15) is 0 Å². The third-order valence-corrected chi connectivity index (χ3v) is 4.61. The number of nitrogens with zero attached hydrogens (tertiary/aromatic N) is 4. The maximum atomic E-state index is 13.1. The van der Waals surface area contributed by atoms with E-state index in [1.165, 1.54) is 12.1 Å². The minimum Gasteiger partial charge on any atom is -0.355 e. The molecule has 0 amide bonds. The molecule has 4 rings (SSSR count). The number of pyridine rings is 1. The lowest BCUT2D eigenvalue weighted by Crippen LogP contribution is -2.47. The Hall–Kier alpha value is -2.51. The van der Waals surface area contributed by atoms with E-state index in [9.17, 15) is 13.6 Å². The zero-order valence-electron chi connectivity index (χ0n) is 13.7. The number of aromatic amines is 1. The number of rotatable bonds is 4. The van der Waals surface area contributed by atoms with E-state index in [1.807, 2.05) is 11.0 Å². The number of halogens is 2. The van der Waals surface area contributed by atoms with Gasteiger partial charge in [0.15, 0.2) is 0 Å². The van der Waals surface area contributed by atoms with E-state index < -0.39 is 6.43 Å². The Bertz CT molecular complexity index is 792. The summed E-state index contributed by atoms with van der Waals surface area (Å²) < 4.78 is 26.3. The zero-order valence-corrected chi connectivity index (χ0v) is 13.7. The van der Waals surface area contributed by atoms with Gasteiger partial charge in [0.25, 0.3) is 6.43 Å². The maximum Gasteiger partial charge on any atom is 0.280 e. The molecule has 2 aliphatic rings. The molecule has 1 aliphatic carbocycles. The van der Waals surface area contributed by atoms with Crippen molar-refractivity contribution in [2.45, 2.75) is 25.2 Å². The zero-order chi connectivity index (χ0) is 17.4. The summed E-state index contributed by atoms with van der Waals surface area (Å²) in [6.07, 6.45) is -0.641. The molecule has 25 heavy (non-hydrogen) atoms. The highest BCUT2D eigenvalue weighted by Gasteiger charge is 2.29. The molecule has 132 valence electrons. The first-order valence-corrected chi connectivity index (χ1v) is 8.46. The van der Waals surface area contributed by atoms with Gasteiger partial charge in [-0.3, -0.25) is 4.79 Å². The molecule has 0 atom stereocenters. The van der Waals surface area contributed by atoms with Gasteiger partial charge < -0.3 is 14.8 Å². The summed E-state index contributed by atoms with van der Waals surface area (Å²) >= 11 is 0. The van der Waals surface area contributed by atoms with Crippen molar-refractivity contribution in [1.29, 1.82) is 0 Å². The number of nitrogens with one attached hydrogen (secondary N) is 1.